The predicted molar refractivity (Wildman–Crippen MR) is 57.9 cm³/mol. The van der Waals surface area contributed by atoms with Crippen LogP contribution in [0.1, 0.15) is 16.1 Å². The number of carbonyl (C=O) groups excluding carboxylic acids is 1. The minimum absolute atomic E-state index is 0.0137. The third kappa shape index (κ3) is 3.17. The van der Waals surface area contributed by atoms with Gasteiger partial charge >= 0.3 is 10.1 Å². The van der Waals surface area contributed by atoms with Crippen LogP contribution >= 0.6 is 0 Å². The molecule has 0 unspecified atom stereocenters. The minimum atomic E-state index is -3.75. The molecule has 0 aliphatic carbocycles. The second kappa shape index (κ2) is 4.72. The van der Waals surface area contributed by atoms with Crippen molar-refractivity contribution in [1.29, 1.82) is 0 Å². The summed E-state index contributed by atoms with van der Waals surface area (Å²) >= 11 is 0. The Balaban J connectivity index is 3.22. The second-order valence-electron chi connectivity index (χ2n) is 3.31. The first-order chi connectivity index (χ1) is 7.76. The summed E-state index contributed by atoms with van der Waals surface area (Å²) in [5.74, 6) is -0.904. The fourth-order valence-electron chi connectivity index (χ4n) is 1.18. The van der Waals surface area contributed by atoms with Gasteiger partial charge in [0.15, 0.2) is 0 Å². The van der Waals surface area contributed by atoms with Crippen molar-refractivity contribution in [3.05, 3.63) is 11.3 Å². The Kier molecular flexibility index (Phi) is 3.73. The second-order valence-corrected chi connectivity index (χ2v) is 4.89. The lowest BCUT2D eigenvalue weighted by Crippen LogP contribution is -2.23. The van der Waals surface area contributed by atoms with Crippen LogP contribution in [0.2, 0.25) is 0 Å². The molecule has 0 spiro atoms. The predicted octanol–water partition coefficient (Wildman–Crippen LogP) is -0.642. The van der Waals surface area contributed by atoms with E-state index in [0.717, 1.165) is 6.26 Å². The highest BCUT2D eigenvalue weighted by atomic mass is 32.2. The Morgan fingerprint density at radius 3 is 2.53 bits per heavy atom. The minimum Gasteiger partial charge on any atom is -0.359 e. The lowest BCUT2D eigenvalue weighted by atomic mass is 10.2. The number of hydroxylamine groups is 1. The van der Waals surface area contributed by atoms with E-state index in [1.165, 1.54) is 11.8 Å². The van der Waals surface area contributed by atoms with Gasteiger partial charge < -0.3 is 4.18 Å². The van der Waals surface area contributed by atoms with Gasteiger partial charge in [-0.2, -0.15) is 8.42 Å². The van der Waals surface area contributed by atoms with Crippen molar-refractivity contribution in [3.63, 3.8) is 0 Å². The van der Waals surface area contributed by atoms with E-state index >= 15 is 0 Å². The molecule has 0 atom stereocenters. The molecule has 17 heavy (non-hydrogen) atoms. The fourth-order valence-corrected chi connectivity index (χ4v) is 1.59. The number of nitrogens with one attached hydrogen (secondary N) is 1. The molecule has 1 rings (SSSR count). The van der Waals surface area contributed by atoms with E-state index in [-0.39, 0.29) is 11.4 Å². The van der Waals surface area contributed by atoms with Crippen LogP contribution in [0.4, 0.5) is 0 Å². The Morgan fingerprint density at radius 2 is 2.06 bits per heavy atom. The van der Waals surface area contributed by atoms with E-state index in [1.54, 1.807) is 14.0 Å². The summed E-state index contributed by atoms with van der Waals surface area (Å²) in [5, 5.41) is 3.80. The van der Waals surface area contributed by atoms with Crippen LogP contribution in [-0.4, -0.2) is 37.5 Å². The van der Waals surface area contributed by atoms with Crippen molar-refractivity contribution < 1.29 is 22.2 Å². The van der Waals surface area contributed by atoms with Crippen LogP contribution in [-0.2, 0) is 22.0 Å². The summed E-state index contributed by atoms with van der Waals surface area (Å²) in [6, 6.07) is 0. The van der Waals surface area contributed by atoms with Crippen molar-refractivity contribution in [1.82, 2.24) is 15.3 Å². The molecule has 1 aromatic rings. The first-order valence-corrected chi connectivity index (χ1v) is 6.34. The maximum Gasteiger partial charge on any atom is 0.307 e. The molecule has 96 valence electrons. The Bertz CT molecular complexity index is 534. The lowest BCUT2D eigenvalue weighted by Gasteiger charge is -2.03. The number of amides is 1. The zero-order chi connectivity index (χ0) is 13.2. The smallest absolute Gasteiger partial charge is 0.307 e. The Morgan fingerprint density at radius 1 is 1.47 bits per heavy atom. The quantitative estimate of drug-likeness (QED) is 0.573. The summed E-state index contributed by atoms with van der Waals surface area (Å²) < 4.78 is 28.0. The molecule has 0 aromatic carbocycles. The van der Waals surface area contributed by atoms with Gasteiger partial charge in [0.25, 0.3) is 11.8 Å². The molecule has 0 radical (unpaired) electrons. The van der Waals surface area contributed by atoms with E-state index in [9.17, 15) is 13.2 Å². The molecule has 0 aliphatic heterocycles. The molecular formula is C8H13N3O5S. The molecule has 0 fully saturated rings. The van der Waals surface area contributed by atoms with Gasteiger partial charge in [0, 0.05) is 7.05 Å². The van der Waals surface area contributed by atoms with Crippen molar-refractivity contribution >= 4 is 16.0 Å². The molecule has 0 bridgehead atoms. The third-order valence-corrected chi connectivity index (χ3v) is 2.41. The van der Waals surface area contributed by atoms with Gasteiger partial charge in [0.1, 0.15) is 5.56 Å². The largest absolute Gasteiger partial charge is 0.359 e. The standard InChI is InChI=1S/C8H13N3O5S/c1-5-6(7(12)10-15-3)8(9-11(5)2)16-17(4,13)14/h1-4H3,(H,10,12). The topological polar surface area (TPSA) is 99.5 Å². The SMILES string of the molecule is CONC(=O)c1c(OS(C)(=O)=O)nn(C)c1C. The van der Waals surface area contributed by atoms with Gasteiger partial charge in [-0.3, -0.25) is 14.3 Å². The van der Waals surface area contributed by atoms with E-state index in [1.807, 2.05) is 0 Å². The Labute approximate surface area is 98.6 Å². The van der Waals surface area contributed by atoms with Crippen LogP contribution in [0.15, 0.2) is 0 Å². The summed E-state index contributed by atoms with van der Waals surface area (Å²) in [6.07, 6.45) is 0.870. The van der Waals surface area contributed by atoms with E-state index < -0.39 is 16.0 Å². The van der Waals surface area contributed by atoms with Crippen molar-refractivity contribution in [2.75, 3.05) is 13.4 Å². The molecule has 8 nitrogen and oxygen atoms in total. The summed E-state index contributed by atoms with van der Waals surface area (Å²) in [4.78, 5) is 16.1. The molecule has 1 heterocycles. The number of aryl methyl sites for hydroxylation is 1. The van der Waals surface area contributed by atoms with Gasteiger partial charge in [0.2, 0.25) is 0 Å². The summed E-state index contributed by atoms with van der Waals surface area (Å²) in [7, 11) is -0.920. The number of hydrogen-bond acceptors (Lipinski definition) is 6. The normalized spacial score (nSPS) is 11.3. The van der Waals surface area contributed by atoms with E-state index in [4.69, 9.17) is 0 Å². The maximum absolute atomic E-state index is 11.6. The van der Waals surface area contributed by atoms with Crippen LogP contribution in [0, 0.1) is 6.92 Å². The van der Waals surface area contributed by atoms with Crippen molar-refractivity contribution in [3.8, 4) is 5.88 Å². The van der Waals surface area contributed by atoms with Gasteiger partial charge in [-0.05, 0) is 6.92 Å². The molecule has 0 aliphatic rings. The summed E-state index contributed by atoms with van der Waals surface area (Å²) in [6.45, 7) is 1.60. The molecule has 1 N–H and O–H groups in total. The zero-order valence-electron chi connectivity index (χ0n) is 9.84. The summed E-state index contributed by atoms with van der Waals surface area (Å²) in [5.41, 5.74) is 2.55. The highest BCUT2D eigenvalue weighted by molar-refractivity contribution is 7.86. The van der Waals surface area contributed by atoms with Gasteiger partial charge in [-0.25, -0.2) is 5.48 Å². The van der Waals surface area contributed by atoms with Crippen molar-refractivity contribution in [2.24, 2.45) is 7.05 Å². The van der Waals surface area contributed by atoms with E-state index in [2.05, 4.69) is 19.6 Å². The Hall–Kier alpha value is -1.61. The maximum atomic E-state index is 11.6. The zero-order valence-corrected chi connectivity index (χ0v) is 10.7. The fraction of sp³-hybridized carbons (Fsp3) is 0.500. The third-order valence-electron chi connectivity index (χ3n) is 1.95. The number of carbonyl (C=O) groups is 1. The van der Waals surface area contributed by atoms with Gasteiger partial charge in [-0.15, -0.1) is 5.10 Å². The number of nitrogens with zero attached hydrogens (tertiary/aromatic N) is 2. The van der Waals surface area contributed by atoms with Crippen LogP contribution in [0.3, 0.4) is 0 Å². The van der Waals surface area contributed by atoms with Gasteiger partial charge in [0.05, 0.1) is 19.1 Å². The average molecular weight is 263 g/mol. The monoisotopic (exact) mass is 263 g/mol. The number of rotatable bonds is 4. The molecule has 0 saturated heterocycles. The van der Waals surface area contributed by atoms with Crippen LogP contribution in [0.5, 0.6) is 5.88 Å². The van der Waals surface area contributed by atoms with Gasteiger partial charge in [-0.1, -0.05) is 0 Å². The lowest BCUT2D eigenvalue weighted by molar-refractivity contribution is 0.0535. The highest BCUT2D eigenvalue weighted by Gasteiger charge is 2.24. The highest BCUT2D eigenvalue weighted by Crippen LogP contribution is 2.21. The number of aromatic nitrogens is 2. The molecular weight excluding hydrogens is 250 g/mol. The number of hydrogen-bond donors (Lipinski definition) is 1. The van der Waals surface area contributed by atoms with E-state index in [0.29, 0.717) is 5.69 Å². The first kappa shape index (κ1) is 13.5. The van der Waals surface area contributed by atoms with Crippen LogP contribution < -0.4 is 9.66 Å². The van der Waals surface area contributed by atoms with Crippen LogP contribution in [0.25, 0.3) is 0 Å². The molecule has 1 amide bonds. The van der Waals surface area contributed by atoms with Crippen molar-refractivity contribution in [2.45, 2.75) is 6.92 Å². The average Bonchev–Trinajstić information content (AvgIpc) is 2.39. The molecule has 1 aromatic heterocycles. The molecule has 9 heteroatoms. The molecule has 0 saturated carbocycles. The first-order valence-electron chi connectivity index (χ1n) is 4.52.